The third kappa shape index (κ3) is 5.21. The molecule has 0 fully saturated rings. The lowest BCUT2D eigenvalue weighted by Gasteiger charge is -2.24. The summed E-state index contributed by atoms with van der Waals surface area (Å²) in [7, 11) is 0. The third-order valence-electron chi connectivity index (χ3n) is 2.29. The Hall–Kier alpha value is -1.52. The van der Waals surface area contributed by atoms with Gasteiger partial charge in [0.2, 0.25) is 0 Å². The SMILES string of the molecule is CC(C)CC(NC(=O)OC(C)(C)C)c1cnc[nH]1. The molecule has 0 aliphatic rings. The van der Waals surface area contributed by atoms with Gasteiger partial charge in [-0.3, -0.25) is 0 Å². The van der Waals surface area contributed by atoms with Crippen LogP contribution in [0.4, 0.5) is 4.79 Å². The van der Waals surface area contributed by atoms with Crippen LogP contribution in [-0.2, 0) is 4.74 Å². The number of alkyl carbamates (subject to hydrolysis) is 1. The van der Waals surface area contributed by atoms with E-state index < -0.39 is 11.7 Å². The third-order valence-corrected chi connectivity index (χ3v) is 2.29. The Bertz CT molecular complexity index is 366. The van der Waals surface area contributed by atoms with E-state index >= 15 is 0 Å². The number of ether oxygens (including phenoxy) is 1. The van der Waals surface area contributed by atoms with Crippen molar-refractivity contribution >= 4 is 6.09 Å². The molecule has 0 aromatic carbocycles. The van der Waals surface area contributed by atoms with Gasteiger partial charge in [-0.2, -0.15) is 0 Å². The molecule has 0 aliphatic carbocycles. The van der Waals surface area contributed by atoms with Gasteiger partial charge in [-0.1, -0.05) is 13.8 Å². The first-order chi connectivity index (χ1) is 8.28. The number of carbonyl (C=O) groups excluding carboxylic acids is 1. The number of hydrogen-bond acceptors (Lipinski definition) is 3. The Morgan fingerprint density at radius 2 is 2.17 bits per heavy atom. The van der Waals surface area contributed by atoms with Crippen molar-refractivity contribution in [3.8, 4) is 0 Å². The minimum atomic E-state index is -0.486. The van der Waals surface area contributed by atoms with Crippen LogP contribution in [0.15, 0.2) is 12.5 Å². The minimum absolute atomic E-state index is 0.0950. The molecule has 1 amide bonds. The van der Waals surface area contributed by atoms with Gasteiger partial charge in [-0.25, -0.2) is 9.78 Å². The maximum absolute atomic E-state index is 11.8. The summed E-state index contributed by atoms with van der Waals surface area (Å²) in [5, 5.41) is 2.87. The van der Waals surface area contributed by atoms with Crippen LogP contribution in [0.2, 0.25) is 0 Å². The molecule has 102 valence electrons. The smallest absolute Gasteiger partial charge is 0.408 e. The lowest BCUT2D eigenvalue weighted by atomic mass is 10.0. The van der Waals surface area contributed by atoms with E-state index in [0.29, 0.717) is 5.92 Å². The molecule has 1 aromatic heterocycles. The van der Waals surface area contributed by atoms with Crippen molar-refractivity contribution in [1.29, 1.82) is 0 Å². The second-order valence-corrected chi connectivity index (χ2v) is 5.84. The van der Waals surface area contributed by atoms with Crippen LogP contribution in [0.3, 0.4) is 0 Å². The summed E-state index contributed by atoms with van der Waals surface area (Å²) in [5.74, 6) is 0.466. The summed E-state index contributed by atoms with van der Waals surface area (Å²) in [6, 6.07) is -0.0950. The molecule has 18 heavy (non-hydrogen) atoms. The van der Waals surface area contributed by atoms with Crippen molar-refractivity contribution < 1.29 is 9.53 Å². The van der Waals surface area contributed by atoms with Gasteiger partial charge >= 0.3 is 6.09 Å². The number of amides is 1. The standard InChI is InChI=1S/C13H23N3O2/c1-9(2)6-10(11-7-14-8-15-11)16-12(17)18-13(3,4)5/h7-10H,6H2,1-5H3,(H,14,15)(H,16,17). The summed E-state index contributed by atoms with van der Waals surface area (Å²) in [4.78, 5) is 18.8. The zero-order valence-electron chi connectivity index (χ0n) is 11.8. The highest BCUT2D eigenvalue weighted by atomic mass is 16.6. The predicted octanol–water partition coefficient (Wildman–Crippen LogP) is 3.02. The van der Waals surface area contributed by atoms with E-state index in [4.69, 9.17) is 4.74 Å². The predicted molar refractivity (Wildman–Crippen MR) is 70.2 cm³/mol. The average Bonchev–Trinajstić information content (AvgIpc) is 2.64. The first-order valence-corrected chi connectivity index (χ1v) is 6.25. The summed E-state index contributed by atoms with van der Waals surface area (Å²) in [5.41, 5.74) is 0.412. The van der Waals surface area contributed by atoms with Crippen LogP contribution >= 0.6 is 0 Å². The van der Waals surface area contributed by atoms with E-state index in [1.807, 2.05) is 20.8 Å². The normalized spacial score (nSPS) is 13.4. The van der Waals surface area contributed by atoms with Crippen LogP contribution in [0.25, 0.3) is 0 Å². The molecule has 1 aromatic rings. The number of H-pyrrole nitrogens is 1. The number of imidazole rings is 1. The summed E-state index contributed by atoms with van der Waals surface area (Å²) in [6.45, 7) is 9.76. The Balaban J connectivity index is 2.65. The summed E-state index contributed by atoms with van der Waals surface area (Å²) in [6.07, 6.45) is 3.77. The number of carbonyl (C=O) groups is 1. The molecule has 5 nitrogen and oxygen atoms in total. The summed E-state index contributed by atoms with van der Waals surface area (Å²) < 4.78 is 5.26. The number of nitrogens with one attached hydrogen (secondary N) is 2. The van der Waals surface area contributed by atoms with Gasteiger partial charge in [0, 0.05) is 0 Å². The molecule has 0 aliphatic heterocycles. The highest BCUT2D eigenvalue weighted by molar-refractivity contribution is 5.68. The fourth-order valence-corrected chi connectivity index (χ4v) is 1.64. The first kappa shape index (κ1) is 14.5. The van der Waals surface area contributed by atoms with E-state index in [-0.39, 0.29) is 6.04 Å². The maximum atomic E-state index is 11.8. The second kappa shape index (κ2) is 5.89. The van der Waals surface area contributed by atoms with Gasteiger partial charge in [-0.05, 0) is 33.1 Å². The molecular weight excluding hydrogens is 230 g/mol. The quantitative estimate of drug-likeness (QED) is 0.866. The van der Waals surface area contributed by atoms with Crippen LogP contribution in [-0.4, -0.2) is 21.7 Å². The molecule has 0 saturated carbocycles. The Morgan fingerprint density at radius 1 is 1.50 bits per heavy atom. The largest absolute Gasteiger partial charge is 0.444 e. The topological polar surface area (TPSA) is 67.0 Å². The van der Waals surface area contributed by atoms with Crippen LogP contribution in [0.1, 0.15) is 52.8 Å². The molecule has 2 N–H and O–H groups in total. The molecule has 1 unspecified atom stereocenters. The minimum Gasteiger partial charge on any atom is -0.444 e. The molecule has 1 heterocycles. The summed E-state index contributed by atoms with van der Waals surface area (Å²) >= 11 is 0. The first-order valence-electron chi connectivity index (χ1n) is 6.25. The van der Waals surface area contributed by atoms with Crippen molar-refractivity contribution in [1.82, 2.24) is 15.3 Å². The lowest BCUT2D eigenvalue weighted by molar-refractivity contribution is 0.0496. The van der Waals surface area contributed by atoms with Crippen molar-refractivity contribution in [2.75, 3.05) is 0 Å². The van der Waals surface area contributed by atoms with Gasteiger partial charge in [0.1, 0.15) is 5.60 Å². The van der Waals surface area contributed by atoms with Crippen LogP contribution in [0.5, 0.6) is 0 Å². The highest BCUT2D eigenvalue weighted by Crippen LogP contribution is 2.19. The highest BCUT2D eigenvalue weighted by Gasteiger charge is 2.21. The molecule has 0 saturated heterocycles. The van der Waals surface area contributed by atoms with Crippen LogP contribution in [0, 0.1) is 5.92 Å². The zero-order valence-corrected chi connectivity index (χ0v) is 11.8. The van der Waals surface area contributed by atoms with Gasteiger partial charge in [-0.15, -0.1) is 0 Å². The van der Waals surface area contributed by atoms with Crippen LogP contribution < -0.4 is 5.32 Å². The number of aromatic amines is 1. The average molecular weight is 253 g/mol. The van der Waals surface area contributed by atoms with Crippen molar-refractivity contribution in [3.63, 3.8) is 0 Å². The number of rotatable bonds is 4. The second-order valence-electron chi connectivity index (χ2n) is 5.84. The molecule has 0 bridgehead atoms. The zero-order chi connectivity index (χ0) is 13.8. The molecule has 0 radical (unpaired) electrons. The van der Waals surface area contributed by atoms with E-state index in [1.165, 1.54) is 0 Å². The van der Waals surface area contributed by atoms with E-state index in [2.05, 4.69) is 29.1 Å². The number of hydrogen-bond donors (Lipinski definition) is 2. The van der Waals surface area contributed by atoms with E-state index in [9.17, 15) is 4.79 Å². The molecule has 1 atom stereocenters. The van der Waals surface area contributed by atoms with E-state index in [1.54, 1.807) is 12.5 Å². The lowest BCUT2D eigenvalue weighted by Crippen LogP contribution is -2.35. The van der Waals surface area contributed by atoms with Crippen molar-refractivity contribution in [2.24, 2.45) is 5.92 Å². The van der Waals surface area contributed by atoms with Gasteiger partial charge in [0.25, 0.3) is 0 Å². The Morgan fingerprint density at radius 3 is 2.61 bits per heavy atom. The molecule has 1 rings (SSSR count). The van der Waals surface area contributed by atoms with Gasteiger partial charge in [0.15, 0.2) is 0 Å². The molecule has 0 spiro atoms. The number of nitrogens with zero attached hydrogens (tertiary/aromatic N) is 1. The Kier molecular flexibility index (Phi) is 4.76. The number of aromatic nitrogens is 2. The van der Waals surface area contributed by atoms with Crippen molar-refractivity contribution in [3.05, 3.63) is 18.2 Å². The Labute approximate surface area is 108 Å². The fraction of sp³-hybridized carbons (Fsp3) is 0.692. The fourth-order valence-electron chi connectivity index (χ4n) is 1.64. The van der Waals surface area contributed by atoms with Crippen molar-refractivity contribution in [2.45, 2.75) is 52.7 Å². The van der Waals surface area contributed by atoms with E-state index in [0.717, 1.165) is 12.1 Å². The van der Waals surface area contributed by atoms with Gasteiger partial charge < -0.3 is 15.0 Å². The monoisotopic (exact) mass is 253 g/mol. The molecular formula is C13H23N3O2. The maximum Gasteiger partial charge on any atom is 0.408 e. The molecule has 5 heteroatoms. The van der Waals surface area contributed by atoms with Gasteiger partial charge in [0.05, 0.1) is 24.3 Å².